The first-order valence-corrected chi connectivity index (χ1v) is 7.48. The van der Waals surface area contributed by atoms with E-state index in [4.69, 9.17) is 33.7 Å². The molecule has 1 aromatic rings. The molecule has 0 aromatic heterocycles. The molecular weight excluding hydrogens is 299 g/mol. The minimum atomic E-state index is -0.168. The van der Waals surface area contributed by atoms with Gasteiger partial charge in [-0.15, -0.1) is 0 Å². The van der Waals surface area contributed by atoms with Crippen molar-refractivity contribution in [2.24, 2.45) is 0 Å². The average Bonchev–Trinajstić information content (AvgIpc) is 2.87. The summed E-state index contributed by atoms with van der Waals surface area (Å²) in [7, 11) is 0. The molecule has 0 atom stereocenters. The largest absolute Gasteiger partial charge is 0.397 e. The van der Waals surface area contributed by atoms with Gasteiger partial charge in [0.25, 0.3) is 0 Å². The molecule has 0 heterocycles. The van der Waals surface area contributed by atoms with Crippen molar-refractivity contribution >= 4 is 40.5 Å². The normalized spacial score (nSPS) is 15.5. The first kappa shape index (κ1) is 15.4. The lowest BCUT2D eigenvalue weighted by Crippen LogP contribution is -2.17. The summed E-state index contributed by atoms with van der Waals surface area (Å²) in [5.74, 6) is -0.168. The highest BCUT2D eigenvalue weighted by molar-refractivity contribution is 6.37. The van der Waals surface area contributed by atoms with Crippen molar-refractivity contribution < 1.29 is 9.53 Å². The number of hydrogen-bond acceptors (Lipinski definition) is 3. The molecule has 1 aliphatic carbocycles. The molecule has 0 aliphatic heterocycles. The van der Waals surface area contributed by atoms with Gasteiger partial charge in [-0.05, 0) is 25.0 Å². The van der Waals surface area contributed by atoms with Gasteiger partial charge in [0, 0.05) is 5.02 Å². The van der Waals surface area contributed by atoms with Gasteiger partial charge >= 0.3 is 0 Å². The molecule has 20 heavy (non-hydrogen) atoms. The Hall–Kier alpha value is -0.970. The van der Waals surface area contributed by atoms with Crippen molar-refractivity contribution in [2.75, 3.05) is 17.7 Å². The van der Waals surface area contributed by atoms with E-state index < -0.39 is 0 Å². The molecule has 4 nitrogen and oxygen atoms in total. The lowest BCUT2D eigenvalue weighted by Gasteiger charge is -2.13. The number of benzene rings is 1. The van der Waals surface area contributed by atoms with Gasteiger partial charge in [0.05, 0.1) is 35.5 Å². The molecule has 0 saturated heterocycles. The van der Waals surface area contributed by atoms with Crippen molar-refractivity contribution in [3.05, 3.63) is 22.2 Å². The van der Waals surface area contributed by atoms with Crippen LogP contribution in [0.1, 0.15) is 32.1 Å². The van der Waals surface area contributed by atoms with Crippen LogP contribution in [0.5, 0.6) is 0 Å². The number of anilines is 2. The molecule has 110 valence electrons. The Bertz CT molecular complexity index is 465. The number of carbonyl (C=O) groups is 1. The molecule has 1 fully saturated rings. The van der Waals surface area contributed by atoms with Gasteiger partial charge in [0.2, 0.25) is 5.91 Å². The molecule has 1 aliphatic rings. The number of nitrogens with two attached hydrogens (primary N) is 1. The van der Waals surface area contributed by atoms with Crippen molar-refractivity contribution in [1.29, 1.82) is 0 Å². The predicted molar refractivity (Wildman–Crippen MR) is 82.3 cm³/mol. The smallest absolute Gasteiger partial charge is 0.226 e. The van der Waals surface area contributed by atoms with Crippen LogP contribution in [0.25, 0.3) is 0 Å². The number of amides is 1. The van der Waals surface area contributed by atoms with Crippen LogP contribution in [0.2, 0.25) is 10.0 Å². The molecule has 1 amide bonds. The number of nitrogens with one attached hydrogen (secondary N) is 1. The molecular formula is C14H18Cl2N2O2. The summed E-state index contributed by atoms with van der Waals surface area (Å²) < 4.78 is 5.64. The summed E-state index contributed by atoms with van der Waals surface area (Å²) >= 11 is 11.8. The van der Waals surface area contributed by atoms with Crippen molar-refractivity contribution in [2.45, 2.75) is 38.2 Å². The highest BCUT2D eigenvalue weighted by atomic mass is 35.5. The number of ether oxygens (including phenoxy) is 1. The van der Waals surface area contributed by atoms with Gasteiger partial charge in [0.1, 0.15) is 0 Å². The van der Waals surface area contributed by atoms with Crippen molar-refractivity contribution in [3.63, 3.8) is 0 Å². The summed E-state index contributed by atoms with van der Waals surface area (Å²) in [5, 5.41) is 3.47. The van der Waals surface area contributed by atoms with E-state index in [1.165, 1.54) is 12.8 Å². The number of nitrogen functional groups attached to an aromatic ring is 1. The Kier molecular flexibility index (Phi) is 5.52. The van der Waals surface area contributed by atoms with E-state index in [0.29, 0.717) is 34.1 Å². The van der Waals surface area contributed by atoms with Gasteiger partial charge in [-0.2, -0.15) is 0 Å². The third-order valence-corrected chi connectivity index (χ3v) is 3.85. The maximum Gasteiger partial charge on any atom is 0.226 e. The second-order valence-electron chi connectivity index (χ2n) is 4.93. The van der Waals surface area contributed by atoms with E-state index >= 15 is 0 Å². The zero-order valence-electron chi connectivity index (χ0n) is 11.1. The van der Waals surface area contributed by atoms with E-state index in [0.717, 1.165) is 12.8 Å². The second kappa shape index (κ2) is 7.16. The minimum absolute atomic E-state index is 0.168. The van der Waals surface area contributed by atoms with Crippen molar-refractivity contribution in [1.82, 2.24) is 0 Å². The Balaban J connectivity index is 1.82. The fourth-order valence-electron chi connectivity index (χ4n) is 2.30. The van der Waals surface area contributed by atoms with Crippen LogP contribution in [-0.2, 0) is 9.53 Å². The zero-order valence-corrected chi connectivity index (χ0v) is 12.6. The summed E-state index contributed by atoms with van der Waals surface area (Å²) in [6, 6.07) is 3.10. The van der Waals surface area contributed by atoms with Gasteiger partial charge in [-0.1, -0.05) is 36.0 Å². The number of halogens is 2. The van der Waals surface area contributed by atoms with Crippen LogP contribution in [-0.4, -0.2) is 18.6 Å². The Labute approximate surface area is 128 Å². The monoisotopic (exact) mass is 316 g/mol. The molecule has 0 radical (unpaired) electrons. The van der Waals surface area contributed by atoms with Crippen molar-refractivity contribution in [3.8, 4) is 0 Å². The molecule has 1 aromatic carbocycles. The van der Waals surface area contributed by atoms with Crippen LogP contribution < -0.4 is 11.1 Å². The summed E-state index contributed by atoms with van der Waals surface area (Å²) in [5.41, 5.74) is 6.54. The van der Waals surface area contributed by atoms with E-state index in [9.17, 15) is 4.79 Å². The fraction of sp³-hybridized carbons (Fsp3) is 0.500. The highest BCUT2D eigenvalue weighted by Gasteiger charge is 2.16. The second-order valence-corrected chi connectivity index (χ2v) is 5.77. The van der Waals surface area contributed by atoms with E-state index in [2.05, 4.69) is 5.32 Å². The van der Waals surface area contributed by atoms with Gasteiger partial charge in [-0.25, -0.2) is 0 Å². The van der Waals surface area contributed by atoms with Crippen LogP contribution in [0.4, 0.5) is 11.4 Å². The van der Waals surface area contributed by atoms with Gasteiger partial charge in [-0.3, -0.25) is 4.79 Å². The van der Waals surface area contributed by atoms with E-state index in [1.54, 1.807) is 12.1 Å². The van der Waals surface area contributed by atoms with E-state index in [1.807, 2.05) is 0 Å². The maximum atomic E-state index is 11.8. The van der Waals surface area contributed by atoms with Gasteiger partial charge in [0.15, 0.2) is 0 Å². The zero-order chi connectivity index (χ0) is 14.5. The van der Waals surface area contributed by atoms with Crippen LogP contribution in [0, 0.1) is 0 Å². The average molecular weight is 317 g/mol. The molecule has 0 spiro atoms. The minimum Gasteiger partial charge on any atom is -0.397 e. The summed E-state index contributed by atoms with van der Waals surface area (Å²) in [4.78, 5) is 11.8. The Morgan fingerprint density at radius 2 is 2.05 bits per heavy atom. The molecule has 2 rings (SSSR count). The first-order chi connectivity index (χ1) is 9.56. The SMILES string of the molecule is Nc1cc(Cl)cc(Cl)c1NC(=O)CCOC1CCCC1. The number of rotatable bonds is 5. The Morgan fingerprint density at radius 3 is 2.70 bits per heavy atom. The van der Waals surface area contributed by atoms with Gasteiger partial charge < -0.3 is 15.8 Å². The summed E-state index contributed by atoms with van der Waals surface area (Å²) in [6.45, 7) is 0.418. The first-order valence-electron chi connectivity index (χ1n) is 6.72. The molecule has 1 saturated carbocycles. The van der Waals surface area contributed by atoms with Crippen LogP contribution >= 0.6 is 23.2 Å². The topological polar surface area (TPSA) is 64.3 Å². The standard InChI is InChI=1S/C14H18Cl2N2O2/c15-9-7-11(16)14(12(17)8-9)18-13(19)5-6-20-10-3-1-2-4-10/h7-8,10H,1-6,17H2,(H,18,19). The van der Waals surface area contributed by atoms with Crippen LogP contribution in [0.15, 0.2) is 12.1 Å². The quantitative estimate of drug-likeness (QED) is 0.810. The lowest BCUT2D eigenvalue weighted by atomic mass is 10.2. The molecule has 3 N–H and O–H groups in total. The molecule has 0 bridgehead atoms. The Morgan fingerprint density at radius 1 is 1.35 bits per heavy atom. The predicted octanol–water partition coefficient (Wildman–Crippen LogP) is 3.86. The maximum absolute atomic E-state index is 11.8. The van der Waals surface area contributed by atoms with Crippen LogP contribution in [0.3, 0.4) is 0 Å². The third-order valence-electron chi connectivity index (χ3n) is 3.33. The summed E-state index contributed by atoms with van der Waals surface area (Å²) in [6.07, 6.45) is 5.22. The third kappa shape index (κ3) is 4.27. The number of carbonyl (C=O) groups excluding carboxylic acids is 1. The van der Waals surface area contributed by atoms with E-state index in [-0.39, 0.29) is 12.3 Å². The fourth-order valence-corrected chi connectivity index (χ4v) is 2.86. The molecule has 6 heteroatoms. The highest BCUT2D eigenvalue weighted by Crippen LogP contribution is 2.32. The lowest BCUT2D eigenvalue weighted by molar-refractivity contribution is -0.117. The number of hydrogen-bond donors (Lipinski definition) is 2. The molecule has 0 unspecified atom stereocenters.